The Bertz CT molecular complexity index is 465. The van der Waals surface area contributed by atoms with Gasteiger partial charge in [-0.2, -0.15) is 0 Å². The van der Waals surface area contributed by atoms with Crippen LogP contribution in [-0.4, -0.2) is 10.9 Å². The molecule has 0 spiro atoms. The van der Waals surface area contributed by atoms with Crippen molar-refractivity contribution in [2.24, 2.45) is 5.73 Å². The van der Waals surface area contributed by atoms with Crippen molar-refractivity contribution in [3.8, 4) is 0 Å². The maximum Gasteiger partial charge on any atom is 0.248 e. The van der Waals surface area contributed by atoms with Gasteiger partial charge in [-0.15, -0.1) is 11.3 Å². The number of benzene rings is 1. The van der Waals surface area contributed by atoms with Crippen LogP contribution in [0.15, 0.2) is 35.2 Å². The maximum absolute atomic E-state index is 11.2. The lowest BCUT2D eigenvalue weighted by Crippen LogP contribution is -2.13. The Balaban J connectivity index is 2.32. The topological polar surface area (TPSA) is 56.0 Å². The molecule has 1 aromatic carbocycles. The third-order valence-corrected chi connectivity index (χ3v) is 2.77. The molecule has 0 atom stereocenters. The molecule has 1 amide bonds. The minimum absolute atomic E-state index is 0.388. The zero-order chi connectivity index (χ0) is 10.7. The smallest absolute Gasteiger partial charge is 0.248 e. The van der Waals surface area contributed by atoms with Crippen LogP contribution in [0.25, 0.3) is 0 Å². The third-order valence-electron chi connectivity index (χ3n) is 2.14. The Labute approximate surface area is 91.6 Å². The average Bonchev–Trinajstić information content (AvgIpc) is 2.71. The van der Waals surface area contributed by atoms with E-state index in [2.05, 4.69) is 4.98 Å². The van der Waals surface area contributed by atoms with E-state index in [4.69, 9.17) is 5.73 Å². The highest BCUT2D eigenvalue weighted by atomic mass is 32.1. The van der Waals surface area contributed by atoms with Crippen molar-refractivity contribution in [3.63, 3.8) is 0 Å². The maximum atomic E-state index is 11.2. The molecule has 0 radical (unpaired) electrons. The summed E-state index contributed by atoms with van der Waals surface area (Å²) in [6.07, 6.45) is 0.655. The average molecular weight is 218 g/mol. The van der Waals surface area contributed by atoms with Gasteiger partial charge in [0.2, 0.25) is 5.91 Å². The number of hydrogen-bond donors (Lipinski definition) is 1. The third kappa shape index (κ3) is 2.22. The molecule has 0 saturated carbocycles. The molecule has 0 bridgehead atoms. The predicted molar refractivity (Wildman–Crippen MR) is 59.9 cm³/mol. The highest BCUT2D eigenvalue weighted by molar-refractivity contribution is 7.07. The van der Waals surface area contributed by atoms with E-state index in [1.165, 1.54) is 0 Å². The van der Waals surface area contributed by atoms with Gasteiger partial charge >= 0.3 is 0 Å². The summed E-state index contributed by atoms with van der Waals surface area (Å²) in [6.45, 7) is 0. The first-order valence-corrected chi connectivity index (χ1v) is 5.46. The van der Waals surface area contributed by atoms with Crippen molar-refractivity contribution in [3.05, 3.63) is 52.0 Å². The van der Waals surface area contributed by atoms with Gasteiger partial charge in [0.05, 0.1) is 11.2 Å². The summed E-state index contributed by atoms with van der Waals surface area (Å²) in [7, 11) is 0. The minimum atomic E-state index is -0.388. The SMILES string of the molecule is NC(=O)c1ccccc1Cc1cscn1. The second-order valence-corrected chi connectivity index (χ2v) is 3.90. The molecule has 0 aliphatic rings. The second-order valence-electron chi connectivity index (χ2n) is 3.18. The van der Waals surface area contributed by atoms with Crippen molar-refractivity contribution in [2.75, 3.05) is 0 Å². The fraction of sp³-hybridized carbons (Fsp3) is 0.0909. The van der Waals surface area contributed by atoms with Crippen molar-refractivity contribution in [1.82, 2.24) is 4.98 Å². The number of primary amides is 1. The Morgan fingerprint density at radius 1 is 1.40 bits per heavy atom. The fourth-order valence-electron chi connectivity index (χ4n) is 1.43. The van der Waals surface area contributed by atoms with Gasteiger partial charge in [-0.3, -0.25) is 4.79 Å². The quantitative estimate of drug-likeness (QED) is 0.854. The number of amides is 1. The first kappa shape index (κ1) is 9.86. The van der Waals surface area contributed by atoms with E-state index in [-0.39, 0.29) is 5.91 Å². The summed E-state index contributed by atoms with van der Waals surface area (Å²) in [5.41, 5.74) is 9.53. The second kappa shape index (κ2) is 4.23. The molecule has 1 heterocycles. The molecule has 0 unspecified atom stereocenters. The zero-order valence-corrected chi connectivity index (χ0v) is 8.83. The van der Waals surface area contributed by atoms with Crippen LogP contribution < -0.4 is 5.73 Å². The first-order chi connectivity index (χ1) is 7.27. The zero-order valence-electron chi connectivity index (χ0n) is 8.01. The van der Waals surface area contributed by atoms with Gasteiger partial charge in [0, 0.05) is 17.4 Å². The molecule has 76 valence electrons. The molecular formula is C11H10N2OS. The highest BCUT2D eigenvalue weighted by Crippen LogP contribution is 2.13. The van der Waals surface area contributed by atoms with Crippen molar-refractivity contribution >= 4 is 17.2 Å². The minimum Gasteiger partial charge on any atom is -0.366 e. The Morgan fingerprint density at radius 3 is 2.87 bits per heavy atom. The molecule has 0 aliphatic carbocycles. The number of carbonyl (C=O) groups is 1. The van der Waals surface area contributed by atoms with Crippen molar-refractivity contribution < 1.29 is 4.79 Å². The molecule has 2 aromatic rings. The molecule has 2 rings (SSSR count). The summed E-state index contributed by atoms with van der Waals surface area (Å²) in [6, 6.07) is 7.35. The summed E-state index contributed by atoms with van der Waals surface area (Å²) < 4.78 is 0. The highest BCUT2D eigenvalue weighted by Gasteiger charge is 2.08. The van der Waals surface area contributed by atoms with E-state index in [9.17, 15) is 4.79 Å². The standard InChI is InChI=1S/C11H10N2OS/c12-11(14)10-4-2-1-3-8(10)5-9-6-15-7-13-9/h1-4,6-7H,5H2,(H2,12,14). The Kier molecular flexibility index (Phi) is 2.78. The van der Waals surface area contributed by atoms with Crippen LogP contribution in [0.5, 0.6) is 0 Å². The molecule has 4 heteroatoms. The molecule has 0 saturated heterocycles. The molecular weight excluding hydrogens is 208 g/mol. The van der Waals surface area contributed by atoms with Crippen LogP contribution in [0.1, 0.15) is 21.6 Å². The van der Waals surface area contributed by atoms with Crippen LogP contribution >= 0.6 is 11.3 Å². The molecule has 1 aromatic heterocycles. The van der Waals surface area contributed by atoms with Crippen LogP contribution in [0.2, 0.25) is 0 Å². The van der Waals surface area contributed by atoms with Gasteiger partial charge in [-0.05, 0) is 11.6 Å². The summed E-state index contributed by atoms with van der Waals surface area (Å²) in [5.74, 6) is -0.388. The Morgan fingerprint density at radius 2 is 2.20 bits per heavy atom. The van der Waals surface area contributed by atoms with E-state index in [1.54, 1.807) is 22.9 Å². The van der Waals surface area contributed by atoms with Gasteiger partial charge < -0.3 is 5.73 Å². The van der Waals surface area contributed by atoms with E-state index >= 15 is 0 Å². The lowest BCUT2D eigenvalue weighted by atomic mass is 10.0. The monoisotopic (exact) mass is 218 g/mol. The number of carbonyl (C=O) groups excluding carboxylic acids is 1. The van der Waals surface area contributed by atoms with Crippen LogP contribution in [0.3, 0.4) is 0 Å². The van der Waals surface area contributed by atoms with Crippen LogP contribution in [0.4, 0.5) is 0 Å². The number of thiazole rings is 1. The van der Waals surface area contributed by atoms with E-state index in [0.717, 1.165) is 11.3 Å². The Hall–Kier alpha value is -1.68. The van der Waals surface area contributed by atoms with E-state index in [0.29, 0.717) is 12.0 Å². The van der Waals surface area contributed by atoms with Gasteiger partial charge in [0.25, 0.3) is 0 Å². The van der Waals surface area contributed by atoms with Crippen LogP contribution in [0, 0.1) is 0 Å². The van der Waals surface area contributed by atoms with Crippen molar-refractivity contribution in [1.29, 1.82) is 0 Å². The van der Waals surface area contributed by atoms with Crippen molar-refractivity contribution in [2.45, 2.75) is 6.42 Å². The molecule has 15 heavy (non-hydrogen) atoms. The van der Waals surface area contributed by atoms with Gasteiger partial charge in [0.1, 0.15) is 0 Å². The first-order valence-electron chi connectivity index (χ1n) is 4.52. The van der Waals surface area contributed by atoms with Gasteiger partial charge in [-0.25, -0.2) is 4.98 Å². The summed E-state index contributed by atoms with van der Waals surface area (Å²) in [5, 5.41) is 1.97. The fourth-order valence-corrected chi connectivity index (χ4v) is 1.99. The number of aromatic nitrogens is 1. The predicted octanol–water partition coefficient (Wildman–Crippen LogP) is 1.83. The lowest BCUT2D eigenvalue weighted by Gasteiger charge is -2.03. The lowest BCUT2D eigenvalue weighted by molar-refractivity contribution is 0.0999. The molecule has 2 N–H and O–H groups in total. The van der Waals surface area contributed by atoms with Gasteiger partial charge in [-0.1, -0.05) is 18.2 Å². The number of hydrogen-bond acceptors (Lipinski definition) is 3. The largest absolute Gasteiger partial charge is 0.366 e. The van der Waals surface area contributed by atoms with E-state index < -0.39 is 0 Å². The molecule has 3 nitrogen and oxygen atoms in total. The summed E-state index contributed by atoms with van der Waals surface area (Å²) >= 11 is 1.55. The summed E-state index contributed by atoms with van der Waals surface area (Å²) in [4.78, 5) is 15.3. The van der Waals surface area contributed by atoms with Gasteiger partial charge in [0.15, 0.2) is 0 Å². The normalized spacial score (nSPS) is 10.1. The van der Waals surface area contributed by atoms with Crippen LogP contribution in [-0.2, 0) is 6.42 Å². The number of rotatable bonds is 3. The number of nitrogens with zero attached hydrogens (tertiary/aromatic N) is 1. The number of nitrogens with two attached hydrogens (primary N) is 1. The van der Waals surface area contributed by atoms with E-state index in [1.807, 2.05) is 23.6 Å². The molecule has 0 fully saturated rings. The molecule has 0 aliphatic heterocycles.